The van der Waals surface area contributed by atoms with Crippen LogP contribution in [0, 0.1) is 0 Å². The van der Waals surface area contributed by atoms with E-state index < -0.39 is 0 Å². The molecule has 1 aliphatic rings. The number of hydrogen-bond acceptors (Lipinski definition) is 4. The van der Waals surface area contributed by atoms with Crippen LogP contribution in [0.15, 0.2) is 22.7 Å². The highest BCUT2D eigenvalue weighted by Crippen LogP contribution is 2.30. The molecule has 0 spiro atoms. The normalized spacial score (nSPS) is 19.0. The van der Waals surface area contributed by atoms with Gasteiger partial charge < -0.3 is 14.7 Å². The van der Waals surface area contributed by atoms with Crippen LogP contribution in [0.2, 0.25) is 0 Å². The third-order valence-corrected chi connectivity index (χ3v) is 4.65. The molecule has 112 valence electrons. The Morgan fingerprint density at radius 2 is 2.00 bits per heavy atom. The van der Waals surface area contributed by atoms with Gasteiger partial charge in [0.15, 0.2) is 0 Å². The Morgan fingerprint density at radius 3 is 2.50 bits per heavy atom. The monoisotopic (exact) mass is 342 g/mol. The van der Waals surface area contributed by atoms with Crippen LogP contribution in [0.3, 0.4) is 0 Å². The molecule has 5 heteroatoms. The Bertz CT molecular complexity index is 434. The predicted octanol–water partition coefficient (Wildman–Crippen LogP) is 2.13. The van der Waals surface area contributed by atoms with Crippen LogP contribution in [0.1, 0.15) is 18.5 Å². The molecule has 1 aliphatic heterocycles. The number of rotatable bonds is 5. The van der Waals surface area contributed by atoms with Crippen LogP contribution in [0.25, 0.3) is 0 Å². The number of hydrogen-bond donors (Lipinski definition) is 1. The van der Waals surface area contributed by atoms with Crippen LogP contribution in [0.4, 0.5) is 0 Å². The van der Waals surface area contributed by atoms with Crippen LogP contribution < -0.4 is 4.74 Å². The lowest BCUT2D eigenvalue weighted by atomic mass is 10.0. The van der Waals surface area contributed by atoms with Gasteiger partial charge in [0.2, 0.25) is 0 Å². The molecule has 1 fully saturated rings. The summed E-state index contributed by atoms with van der Waals surface area (Å²) in [5, 5.41) is 9.77. The predicted molar refractivity (Wildman–Crippen MR) is 84.2 cm³/mol. The van der Waals surface area contributed by atoms with E-state index in [-0.39, 0.29) is 12.6 Å². The number of nitrogens with zero attached hydrogens (tertiary/aromatic N) is 2. The highest BCUT2D eigenvalue weighted by Gasteiger charge is 2.24. The van der Waals surface area contributed by atoms with Crippen molar-refractivity contribution in [1.29, 1.82) is 0 Å². The van der Waals surface area contributed by atoms with Crippen LogP contribution in [0.5, 0.6) is 5.75 Å². The molecule has 1 saturated heterocycles. The molecule has 1 atom stereocenters. The van der Waals surface area contributed by atoms with Crippen molar-refractivity contribution in [1.82, 2.24) is 9.80 Å². The summed E-state index contributed by atoms with van der Waals surface area (Å²) in [4.78, 5) is 4.80. The molecular weight excluding hydrogens is 320 g/mol. The summed E-state index contributed by atoms with van der Waals surface area (Å²) in [6.45, 7) is 7.59. The first-order chi connectivity index (χ1) is 9.69. The molecule has 1 aromatic carbocycles. The van der Waals surface area contributed by atoms with Gasteiger partial charge in [0.05, 0.1) is 24.2 Å². The van der Waals surface area contributed by atoms with E-state index in [1.807, 2.05) is 18.2 Å². The van der Waals surface area contributed by atoms with E-state index in [1.54, 1.807) is 7.11 Å². The topological polar surface area (TPSA) is 35.9 Å². The first-order valence-corrected chi connectivity index (χ1v) is 7.89. The van der Waals surface area contributed by atoms with Crippen molar-refractivity contribution in [3.8, 4) is 5.75 Å². The first kappa shape index (κ1) is 15.8. The quantitative estimate of drug-likeness (QED) is 0.889. The maximum Gasteiger partial charge on any atom is 0.133 e. The lowest BCUT2D eigenvalue weighted by Crippen LogP contribution is -2.48. The van der Waals surface area contributed by atoms with Gasteiger partial charge in [-0.05, 0) is 40.2 Å². The minimum atomic E-state index is 0.0659. The number of piperazine rings is 1. The molecule has 4 nitrogen and oxygen atoms in total. The van der Waals surface area contributed by atoms with Crippen molar-refractivity contribution in [2.24, 2.45) is 0 Å². The molecule has 1 aromatic rings. The van der Waals surface area contributed by atoms with Gasteiger partial charge in [0.1, 0.15) is 5.75 Å². The molecule has 0 radical (unpaired) electrons. The van der Waals surface area contributed by atoms with Crippen molar-refractivity contribution >= 4 is 15.9 Å². The zero-order valence-electron chi connectivity index (χ0n) is 12.2. The van der Waals surface area contributed by atoms with E-state index in [0.29, 0.717) is 0 Å². The Morgan fingerprint density at radius 1 is 1.30 bits per heavy atom. The van der Waals surface area contributed by atoms with Crippen molar-refractivity contribution in [3.05, 3.63) is 28.2 Å². The number of likely N-dealkylation sites (N-methyl/N-ethyl adjacent to an activating group) is 1. The highest BCUT2D eigenvalue weighted by atomic mass is 79.9. The van der Waals surface area contributed by atoms with Crippen LogP contribution >= 0.6 is 15.9 Å². The van der Waals surface area contributed by atoms with E-state index >= 15 is 0 Å². The van der Waals surface area contributed by atoms with Gasteiger partial charge in [-0.3, -0.25) is 4.90 Å². The molecule has 0 bridgehead atoms. The molecule has 0 amide bonds. The van der Waals surface area contributed by atoms with Gasteiger partial charge in [0.25, 0.3) is 0 Å². The number of aliphatic hydroxyl groups is 1. The lowest BCUT2D eigenvalue weighted by Gasteiger charge is -2.38. The molecule has 0 saturated carbocycles. The number of halogens is 1. The number of ether oxygens (including phenoxy) is 1. The number of aliphatic hydroxyl groups excluding tert-OH is 1. The average Bonchev–Trinajstić information content (AvgIpc) is 2.49. The van der Waals surface area contributed by atoms with Crippen molar-refractivity contribution < 1.29 is 9.84 Å². The van der Waals surface area contributed by atoms with Gasteiger partial charge in [0, 0.05) is 26.2 Å². The fraction of sp³-hybridized carbons (Fsp3) is 0.600. The van der Waals surface area contributed by atoms with E-state index in [1.165, 1.54) is 0 Å². The largest absolute Gasteiger partial charge is 0.496 e. The van der Waals surface area contributed by atoms with E-state index in [2.05, 4.69) is 32.7 Å². The van der Waals surface area contributed by atoms with Crippen molar-refractivity contribution in [2.75, 3.05) is 46.4 Å². The second kappa shape index (κ2) is 7.41. The van der Waals surface area contributed by atoms with Crippen molar-refractivity contribution in [2.45, 2.75) is 13.0 Å². The Balaban J connectivity index is 2.10. The number of benzene rings is 1. The SMILES string of the molecule is CCN1CCN(C(CO)c2ccc(OC)c(Br)c2)CC1. The zero-order chi connectivity index (χ0) is 14.5. The molecule has 2 rings (SSSR count). The van der Waals surface area contributed by atoms with E-state index in [9.17, 15) is 5.11 Å². The van der Waals surface area contributed by atoms with Gasteiger partial charge >= 0.3 is 0 Å². The summed E-state index contributed by atoms with van der Waals surface area (Å²) < 4.78 is 6.19. The summed E-state index contributed by atoms with van der Waals surface area (Å²) in [6, 6.07) is 6.10. The molecule has 0 aliphatic carbocycles. The highest BCUT2D eigenvalue weighted by molar-refractivity contribution is 9.10. The minimum Gasteiger partial charge on any atom is -0.496 e. The smallest absolute Gasteiger partial charge is 0.133 e. The summed E-state index contributed by atoms with van der Waals surface area (Å²) in [5.74, 6) is 0.821. The van der Waals surface area contributed by atoms with Gasteiger partial charge in [-0.25, -0.2) is 0 Å². The van der Waals surface area contributed by atoms with Crippen molar-refractivity contribution in [3.63, 3.8) is 0 Å². The second-order valence-electron chi connectivity index (χ2n) is 5.06. The van der Waals surface area contributed by atoms with Gasteiger partial charge in [-0.15, -0.1) is 0 Å². The maximum absolute atomic E-state index is 9.77. The summed E-state index contributed by atoms with van der Waals surface area (Å²) >= 11 is 3.52. The Kier molecular flexibility index (Phi) is 5.84. The average molecular weight is 343 g/mol. The minimum absolute atomic E-state index is 0.0659. The summed E-state index contributed by atoms with van der Waals surface area (Å²) in [5.41, 5.74) is 1.13. The third-order valence-electron chi connectivity index (χ3n) is 4.03. The maximum atomic E-state index is 9.77. The third kappa shape index (κ3) is 3.52. The second-order valence-corrected chi connectivity index (χ2v) is 5.92. The van der Waals surface area contributed by atoms with E-state index in [0.717, 1.165) is 48.5 Å². The molecule has 1 heterocycles. The van der Waals surface area contributed by atoms with Crippen LogP contribution in [-0.2, 0) is 0 Å². The molecule has 1 unspecified atom stereocenters. The Labute approximate surface area is 129 Å². The molecular formula is C15H23BrN2O2. The standard InChI is InChI=1S/C15H23BrN2O2/c1-3-17-6-8-18(9-7-17)14(11-19)12-4-5-15(20-2)13(16)10-12/h4-5,10,14,19H,3,6-9,11H2,1-2H3. The van der Waals surface area contributed by atoms with E-state index in [4.69, 9.17) is 4.74 Å². The van der Waals surface area contributed by atoms with Gasteiger partial charge in [-0.2, -0.15) is 0 Å². The summed E-state index contributed by atoms with van der Waals surface area (Å²) in [6.07, 6.45) is 0. The molecule has 0 aromatic heterocycles. The van der Waals surface area contributed by atoms with Crippen LogP contribution in [-0.4, -0.2) is 61.3 Å². The summed E-state index contributed by atoms with van der Waals surface area (Å²) in [7, 11) is 1.66. The number of methoxy groups -OCH3 is 1. The fourth-order valence-electron chi connectivity index (χ4n) is 2.71. The van der Waals surface area contributed by atoms with Gasteiger partial charge in [-0.1, -0.05) is 13.0 Å². The lowest BCUT2D eigenvalue weighted by molar-refractivity contribution is 0.0672. The zero-order valence-corrected chi connectivity index (χ0v) is 13.8. The first-order valence-electron chi connectivity index (χ1n) is 7.10. The fourth-order valence-corrected chi connectivity index (χ4v) is 3.27. The Hall–Kier alpha value is -0.620. The molecule has 1 N–H and O–H groups in total. The molecule has 20 heavy (non-hydrogen) atoms.